The first kappa shape index (κ1) is 11.9. The van der Waals surface area contributed by atoms with Crippen molar-refractivity contribution >= 4 is 44.6 Å². The zero-order chi connectivity index (χ0) is 11.7. The highest BCUT2D eigenvalue weighted by atomic mass is 79.9. The number of benzene rings is 1. The molecule has 2 nitrogen and oxygen atoms in total. The van der Waals surface area contributed by atoms with Crippen molar-refractivity contribution < 1.29 is 5.11 Å². The van der Waals surface area contributed by atoms with Crippen LogP contribution in [0.1, 0.15) is 17.2 Å². The van der Waals surface area contributed by atoms with Crippen LogP contribution < -0.4 is 5.73 Å². The van der Waals surface area contributed by atoms with Gasteiger partial charge >= 0.3 is 0 Å². The van der Waals surface area contributed by atoms with E-state index in [1.807, 2.05) is 10.8 Å². The van der Waals surface area contributed by atoms with Gasteiger partial charge in [-0.15, -0.1) is 0 Å². The lowest BCUT2D eigenvalue weighted by Gasteiger charge is -2.13. The summed E-state index contributed by atoms with van der Waals surface area (Å²) in [5.41, 5.74) is 7.81. The van der Waals surface area contributed by atoms with E-state index in [4.69, 9.17) is 17.3 Å². The summed E-state index contributed by atoms with van der Waals surface area (Å²) in [5, 5.41) is 14.6. The van der Waals surface area contributed by atoms with E-state index in [9.17, 15) is 5.11 Å². The largest absolute Gasteiger partial charge is 0.398 e. The smallest absolute Gasteiger partial charge is 0.108 e. The molecule has 16 heavy (non-hydrogen) atoms. The summed E-state index contributed by atoms with van der Waals surface area (Å²) in [5.74, 6) is 0. The Morgan fingerprint density at radius 2 is 2.06 bits per heavy atom. The molecule has 0 aliphatic carbocycles. The van der Waals surface area contributed by atoms with Crippen molar-refractivity contribution in [2.24, 2.45) is 0 Å². The lowest BCUT2D eigenvalue weighted by atomic mass is 10.0. The standard InChI is InChI=1S/C11H9BrClNOS/c12-9-5-16-4-8(9)11(15)7-2-1-6(13)3-10(7)14/h1-5,11,15H,14H2. The molecule has 5 heteroatoms. The van der Waals surface area contributed by atoms with Crippen molar-refractivity contribution in [2.75, 3.05) is 5.73 Å². The summed E-state index contributed by atoms with van der Waals surface area (Å²) in [6.45, 7) is 0. The van der Waals surface area contributed by atoms with Crippen molar-refractivity contribution in [1.82, 2.24) is 0 Å². The van der Waals surface area contributed by atoms with Gasteiger partial charge in [-0.1, -0.05) is 17.7 Å². The van der Waals surface area contributed by atoms with Gasteiger partial charge in [-0.05, 0) is 33.4 Å². The maximum Gasteiger partial charge on any atom is 0.108 e. The summed E-state index contributed by atoms with van der Waals surface area (Å²) >= 11 is 10.7. The summed E-state index contributed by atoms with van der Waals surface area (Å²) < 4.78 is 0.888. The monoisotopic (exact) mass is 317 g/mol. The number of nitrogens with two attached hydrogens (primary N) is 1. The quantitative estimate of drug-likeness (QED) is 0.827. The van der Waals surface area contributed by atoms with Crippen LogP contribution in [-0.4, -0.2) is 5.11 Å². The van der Waals surface area contributed by atoms with Crippen LogP contribution in [0.5, 0.6) is 0 Å². The second-order valence-corrected chi connectivity index (χ2v) is 5.39. The first-order valence-electron chi connectivity index (χ1n) is 4.54. The van der Waals surface area contributed by atoms with Gasteiger partial charge in [0.25, 0.3) is 0 Å². The van der Waals surface area contributed by atoms with Crippen molar-refractivity contribution in [2.45, 2.75) is 6.10 Å². The summed E-state index contributed by atoms with van der Waals surface area (Å²) in [4.78, 5) is 0. The summed E-state index contributed by atoms with van der Waals surface area (Å²) in [7, 11) is 0. The molecule has 1 aromatic heterocycles. The second kappa shape index (κ2) is 4.75. The molecule has 0 bridgehead atoms. The molecule has 1 atom stereocenters. The predicted octanol–water partition coefficient (Wildman–Crippen LogP) is 3.83. The van der Waals surface area contributed by atoms with Gasteiger partial charge in [0.2, 0.25) is 0 Å². The fraction of sp³-hybridized carbons (Fsp3) is 0.0909. The van der Waals surface area contributed by atoms with Crippen LogP contribution in [0.25, 0.3) is 0 Å². The van der Waals surface area contributed by atoms with Crippen LogP contribution in [0.15, 0.2) is 33.4 Å². The highest BCUT2D eigenvalue weighted by Gasteiger charge is 2.16. The summed E-state index contributed by atoms with van der Waals surface area (Å²) in [6, 6.07) is 5.10. The molecule has 1 unspecified atom stereocenters. The minimum absolute atomic E-state index is 0.498. The van der Waals surface area contributed by atoms with Gasteiger partial charge < -0.3 is 10.8 Å². The Morgan fingerprint density at radius 3 is 2.62 bits per heavy atom. The van der Waals surface area contributed by atoms with Gasteiger partial charge in [-0.25, -0.2) is 0 Å². The van der Waals surface area contributed by atoms with Crippen molar-refractivity contribution in [3.8, 4) is 0 Å². The van der Waals surface area contributed by atoms with E-state index in [0.717, 1.165) is 10.0 Å². The Hall–Kier alpha value is -0.550. The average molecular weight is 319 g/mol. The van der Waals surface area contributed by atoms with Gasteiger partial charge in [0.1, 0.15) is 6.10 Å². The number of thiophene rings is 1. The molecule has 0 radical (unpaired) electrons. The molecule has 3 N–H and O–H groups in total. The lowest BCUT2D eigenvalue weighted by Crippen LogP contribution is -2.03. The third-order valence-electron chi connectivity index (χ3n) is 2.28. The van der Waals surface area contributed by atoms with Crippen LogP contribution in [0.3, 0.4) is 0 Å². The number of halogens is 2. The number of hydrogen-bond donors (Lipinski definition) is 2. The lowest BCUT2D eigenvalue weighted by molar-refractivity contribution is 0.221. The van der Waals surface area contributed by atoms with Gasteiger partial charge in [0, 0.05) is 31.7 Å². The number of aliphatic hydroxyl groups excluding tert-OH is 1. The predicted molar refractivity (Wildman–Crippen MR) is 71.9 cm³/mol. The Morgan fingerprint density at radius 1 is 1.31 bits per heavy atom. The zero-order valence-corrected chi connectivity index (χ0v) is 11.3. The van der Waals surface area contributed by atoms with E-state index in [1.54, 1.807) is 18.2 Å². The van der Waals surface area contributed by atoms with E-state index in [2.05, 4.69) is 15.9 Å². The van der Waals surface area contributed by atoms with Gasteiger partial charge in [-0.3, -0.25) is 0 Å². The van der Waals surface area contributed by atoms with E-state index in [0.29, 0.717) is 16.3 Å². The molecule has 1 heterocycles. The average Bonchev–Trinajstić information content (AvgIpc) is 2.63. The third-order valence-corrected chi connectivity index (χ3v) is 4.27. The number of hydrogen-bond acceptors (Lipinski definition) is 3. The Balaban J connectivity index is 2.41. The second-order valence-electron chi connectivity index (χ2n) is 3.35. The minimum Gasteiger partial charge on any atom is -0.398 e. The van der Waals surface area contributed by atoms with E-state index < -0.39 is 6.10 Å². The maximum absolute atomic E-state index is 10.2. The van der Waals surface area contributed by atoms with Gasteiger partial charge in [-0.2, -0.15) is 11.3 Å². The molecule has 0 fully saturated rings. The highest BCUT2D eigenvalue weighted by Crippen LogP contribution is 2.34. The molecule has 2 aromatic rings. The molecule has 2 rings (SSSR count). The van der Waals surface area contributed by atoms with Crippen LogP contribution in [0.2, 0.25) is 5.02 Å². The number of aliphatic hydroxyl groups is 1. The fourth-order valence-electron chi connectivity index (χ4n) is 1.45. The number of anilines is 1. The highest BCUT2D eigenvalue weighted by molar-refractivity contribution is 9.10. The first-order chi connectivity index (χ1) is 7.59. The van der Waals surface area contributed by atoms with Crippen LogP contribution in [0.4, 0.5) is 5.69 Å². The minimum atomic E-state index is -0.724. The molecule has 1 aromatic carbocycles. The van der Waals surface area contributed by atoms with Crippen LogP contribution in [-0.2, 0) is 0 Å². The van der Waals surface area contributed by atoms with E-state index in [1.165, 1.54) is 11.3 Å². The molecule has 0 spiro atoms. The zero-order valence-electron chi connectivity index (χ0n) is 8.15. The van der Waals surface area contributed by atoms with Crippen molar-refractivity contribution in [1.29, 1.82) is 0 Å². The molecule has 0 saturated heterocycles. The van der Waals surface area contributed by atoms with Crippen LogP contribution in [0, 0.1) is 0 Å². The molecule has 0 amide bonds. The van der Waals surface area contributed by atoms with E-state index >= 15 is 0 Å². The molecular weight excluding hydrogens is 310 g/mol. The Bertz CT molecular complexity index is 514. The first-order valence-corrected chi connectivity index (χ1v) is 6.65. The molecular formula is C11H9BrClNOS. The van der Waals surface area contributed by atoms with Gasteiger partial charge in [0.15, 0.2) is 0 Å². The van der Waals surface area contributed by atoms with Crippen molar-refractivity contribution in [3.63, 3.8) is 0 Å². The van der Waals surface area contributed by atoms with Gasteiger partial charge in [0.05, 0.1) is 0 Å². The molecule has 84 valence electrons. The third kappa shape index (κ3) is 2.25. The SMILES string of the molecule is Nc1cc(Cl)ccc1C(O)c1cscc1Br. The van der Waals surface area contributed by atoms with Crippen LogP contribution >= 0.6 is 38.9 Å². The molecule has 0 aliphatic heterocycles. The van der Waals surface area contributed by atoms with Crippen molar-refractivity contribution in [3.05, 3.63) is 49.6 Å². The Labute approximate surface area is 111 Å². The topological polar surface area (TPSA) is 46.2 Å². The molecule has 0 saturated carbocycles. The number of rotatable bonds is 2. The fourth-order valence-corrected chi connectivity index (χ4v) is 3.16. The van der Waals surface area contributed by atoms with E-state index in [-0.39, 0.29) is 0 Å². The summed E-state index contributed by atoms with van der Waals surface area (Å²) in [6.07, 6.45) is -0.724. The molecule has 0 aliphatic rings. The number of nitrogen functional groups attached to an aromatic ring is 1. The Kier molecular flexibility index (Phi) is 3.54. The maximum atomic E-state index is 10.2. The normalized spacial score (nSPS) is 12.7.